The monoisotopic (exact) mass is 244 g/mol. The first-order valence-corrected chi connectivity index (χ1v) is 7.61. The van der Waals surface area contributed by atoms with E-state index < -0.39 is 9.84 Å². The molecule has 0 unspecified atom stereocenters. The van der Waals surface area contributed by atoms with Crippen LogP contribution in [0.3, 0.4) is 0 Å². The summed E-state index contributed by atoms with van der Waals surface area (Å²) in [5.41, 5.74) is 1.29. The molecule has 0 aromatic carbocycles. The first-order valence-electron chi connectivity index (χ1n) is 5.79. The summed E-state index contributed by atoms with van der Waals surface area (Å²) in [6.45, 7) is 6.87. The molecular formula is C11H20N2O2S. The van der Waals surface area contributed by atoms with Crippen molar-refractivity contribution in [1.82, 2.24) is 10.2 Å². The molecule has 0 amide bonds. The van der Waals surface area contributed by atoms with Crippen molar-refractivity contribution in [3.8, 4) is 0 Å². The summed E-state index contributed by atoms with van der Waals surface area (Å²) >= 11 is 0. The molecule has 2 atom stereocenters. The van der Waals surface area contributed by atoms with E-state index in [-0.39, 0.29) is 12.1 Å². The molecular weight excluding hydrogens is 224 g/mol. The summed E-state index contributed by atoms with van der Waals surface area (Å²) in [4.78, 5) is 2.29. The van der Waals surface area contributed by atoms with Crippen LogP contribution in [0.15, 0.2) is 11.6 Å². The molecule has 1 N–H and O–H groups in total. The second-order valence-corrected chi connectivity index (χ2v) is 7.14. The van der Waals surface area contributed by atoms with Crippen molar-refractivity contribution in [1.29, 1.82) is 0 Å². The number of piperazine rings is 1. The van der Waals surface area contributed by atoms with E-state index in [4.69, 9.17) is 0 Å². The Balaban J connectivity index is 2.07. The van der Waals surface area contributed by atoms with Crippen LogP contribution in [0.1, 0.15) is 13.8 Å². The summed E-state index contributed by atoms with van der Waals surface area (Å²) < 4.78 is 23.2. The Morgan fingerprint density at radius 3 is 2.88 bits per heavy atom. The second-order valence-electron chi connectivity index (χ2n) is 4.98. The number of rotatable bonds is 2. The molecule has 2 rings (SSSR count). The zero-order chi connectivity index (χ0) is 11.8. The quantitative estimate of drug-likeness (QED) is 0.696. The number of allylic oxidation sites excluding steroid dienone is 1. The van der Waals surface area contributed by atoms with Gasteiger partial charge in [-0.2, -0.15) is 0 Å². The normalized spacial score (nSPS) is 33.4. The summed E-state index contributed by atoms with van der Waals surface area (Å²) in [5.74, 6) is 0.629. The number of sulfone groups is 1. The van der Waals surface area contributed by atoms with E-state index in [1.807, 2.05) is 0 Å². The van der Waals surface area contributed by atoms with Crippen LogP contribution in [0, 0.1) is 0 Å². The molecule has 0 spiro atoms. The van der Waals surface area contributed by atoms with Gasteiger partial charge in [0.25, 0.3) is 0 Å². The summed E-state index contributed by atoms with van der Waals surface area (Å²) in [6, 6.07) is 0.318. The van der Waals surface area contributed by atoms with Gasteiger partial charge in [0.2, 0.25) is 0 Å². The Hall–Kier alpha value is -0.390. The van der Waals surface area contributed by atoms with Crippen LogP contribution in [-0.2, 0) is 9.84 Å². The highest BCUT2D eigenvalue weighted by Gasteiger charge is 2.42. The van der Waals surface area contributed by atoms with Gasteiger partial charge in [0.1, 0.15) is 0 Å². The topological polar surface area (TPSA) is 49.4 Å². The van der Waals surface area contributed by atoms with Crippen molar-refractivity contribution in [3.05, 3.63) is 11.6 Å². The number of hydrogen-bond acceptors (Lipinski definition) is 4. The lowest BCUT2D eigenvalue weighted by Crippen LogP contribution is -2.57. The van der Waals surface area contributed by atoms with Crippen molar-refractivity contribution in [3.63, 3.8) is 0 Å². The van der Waals surface area contributed by atoms with Crippen molar-refractivity contribution in [2.45, 2.75) is 25.9 Å². The highest BCUT2D eigenvalue weighted by molar-refractivity contribution is 7.91. The third-order valence-electron chi connectivity index (χ3n) is 3.33. The lowest BCUT2D eigenvalue weighted by atomic mass is 10.1. The summed E-state index contributed by atoms with van der Waals surface area (Å²) in [6.07, 6.45) is 2.17. The van der Waals surface area contributed by atoms with E-state index in [1.54, 1.807) is 0 Å². The van der Waals surface area contributed by atoms with E-state index in [0.29, 0.717) is 11.5 Å². The van der Waals surface area contributed by atoms with Crippen molar-refractivity contribution >= 4 is 9.84 Å². The van der Waals surface area contributed by atoms with Crippen LogP contribution in [0.4, 0.5) is 0 Å². The van der Waals surface area contributed by atoms with E-state index >= 15 is 0 Å². The molecule has 2 fully saturated rings. The minimum atomic E-state index is -2.83. The SMILES string of the molecule is CC(C)=CCN1CCN[C@@H]2CS(=O)(=O)C[C@H]21. The molecule has 0 aliphatic carbocycles. The van der Waals surface area contributed by atoms with Crippen molar-refractivity contribution in [2.75, 3.05) is 31.1 Å². The van der Waals surface area contributed by atoms with E-state index in [9.17, 15) is 8.42 Å². The van der Waals surface area contributed by atoms with Gasteiger partial charge in [0.05, 0.1) is 11.5 Å². The maximum absolute atomic E-state index is 11.6. The van der Waals surface area contributed by atoms with Crippen molar-refractivity contribution < 1.29 is 8.42 Å². The first-order chi connectivity index (χ1) is 7.48. The van der Waals surface area contributed by atoms with E-state index in [2.05, 4.69) is 30.1 Å². The van der Waals surface area contributed by atoms with Gasteiger partial charge in [-0.15, -0.1) is 0 Å². The fourth-order valence-corrected chi connectivity index (χ4v) is 4.46. The van der Waals surface area contributed by atoms with Crippen molar-refractivity contribution in [2.24, 2.45) is 0 Å². The molecule has 2 aliphatic rings. The lowest BCUT2D eigenvalue weighted by molar-refractivity contribution is 0.165. The van der Waals surface area contributed by atoms with Crippen LogP contribution in [0.5, 0.6) is 0 Å². The van der Waals surface area contributed by atoms with E-state index in [1.165, 1.54) is 5.57 Å². The maximum Gasteiger partial charge on any atom is 0.153 e. The fourth-order valence-electron chi connectivity index (χ4n) is 2.47. The number of nitrogens with zero attached hydrogens (tertiary/aromatic N) is 1. The molecule has 92 valence electrons. The van der Waals surface area contributed by atoms with Gasteiger partial charge in [0, 0.05) is 31.7 Å². The number of hydrogen-bond donors (Lipinski definition) is 1. The van der Waals surface area contributed by atoms with Gasteiger partial charge in [-0.25, -0.2) is 8.42 Å². The second kappa shape index (κ2) is 4.47. The summed E-state index contributed by atoms with van der Waals surface area (Å²) in [5, 5.41) is 3.31. The molecule has 2 heterocycles. The molecule has 0 aromatic heterocycles. The zero-order valence-electron chi connectivity index (χ0n) is 9.94. The Labute approximate surface area is 97.6 Å². The van der Waals surface area contributed by atoms with Crippen LogP contribution >= 0.6 is 0 Å². The van der Waals surface area contributed by atoms with Gasteiger partial charge < -0.3 is 5.32 Å². The lowest BCUT2D eigenvalue weighted by Gasteiger charge is -2.36. The van der Waals surface area contributed by atoms with Gasteiger partial charge >= 0.3 is 0 Å². The Morgan fingerprint density at radius 2 is 2.19 bits per heavy atom. The average molecular weight is 244 g/mol. The molecule has 0 radical (unpaired) electrons. The van der Waals surface area contributed by atoms with Gasteiger partial charge in [0.15, 0.2) is 9.84 Å². The van der Waals surface area contributed by atoms with Crippen LogP contribution < -0.4 is 5.32 Å². The molecule has 2 saturated heterocycles. The highest BCUT2D eigenvalue weighted by Crippen LogP contribution is 2.21. The molecule has 0 bridgehead atoms. The van der Waals surface area contributed by atoms with E-state index in [0.717, 1.165) is 19.6 Å². The van der Waals surface area contributed by atoms with Gasteiger partial charge in [-0.1, -0.05) is 11.6 Å². The van der Waals surface area contributed by atoms with Gasteiger partial charge in [-0.3, -0.25) is 4.90 Å². The minimum Gasteiger partial charge on any atom is -0.310 e. The molecule has 0 saturated carbocycles. The largest absolute Gasteiger partial charge is 0.310 e. The summed E-state index contributed by atoms with van der Waals surface area (Å²) in [7, 11) is -2.83. The maximum atomic E-state index is 11.6. The minimum absolute atomic E-state index is 0.143. The molecule has 2 aliphatic heterocycles. The Kier molecular flexibility index (Phi) is 3.37. The first kappa shape index (κ1) is 12.1. The van der Waals surface area contributed by atoms with Gasteiger partial charge in [-0.05, 0) is 13.8 Å². The third-order valence-corrected chi connectivity index (χ3v) is 5.05. The Bertz CT molecular complexity index is 385. The molecule has 4 nitrogen and oxygen atoms in total. The van der Waals surface area contributed by atoms with Crippen LogP contribution in [0.25, 0.3) is 0 Å². The molecule has 0 aromatic rings. The fraction of sp³-hybridized carbons (Fsp3) is 0.818. The predicted molar refractivity (Wildman–Crippen MR) is 65.2 cm³/mol. The average Bonchev–Trinajstić information content (AvgIpc) is 2.48. The predicted octanol–water partition coefficient (Wildman–Crippen LogP) is 0.0234. The molecule has 5 heteroatoms. The number of fused-ring (bicyclic) bond motifs is 1. The molecule has 16 heavy (non-hydrogen) atoms. The van der Waals surface area contributed by atoms with Crippen LogP contribution in [-0.4, -0.2) is 56.5 Å². The standard InChI is InChI=1S/C11H20N2O2S/c1-9(2)3-5-13-6-4-12-10-7-16(14,15)8-11(10)13/h3,10-12H,4-8H2,1-2H3/t10-,11-/m1/s1. The third kappa shape index (κ3) is 2.64. The van der Waals surface area contributed by atoms with Crippen LogP contribution in [0.2, 0.25) is 0 Å². The highest BCUT2D eigenvalue weighted by atomic mass is 32.2. The Morgan fingerprint density at radius 1 is 1.44 bits per heavy atom. The smallest absolute Gasteiger partial charge is 0.153 e. The zero-order valence-corrected chi connectivity index (χ0v) is 10.8. The number of nitrogens with one attached hydrogen (secondary N) is 1.